The van der Waals surface area contributed by atoms with Gasteiger partial charge in [-0.25, -0.2) is 4.79 Å². The molecule has 0 aromatic rings. The summed E-state index contributed by atoms with van der Waals surface area (Å²) in [5, 5.41) is 17.1. The third-order valence-electron chi connectivity index (χ3n) is 1.78. The Kier molecular flexibility index (Phi) is 3.10. The molecule has 0 fully saturated rings. The van der Waals surface area contributed by atoms with E-state index in [2.05, 4.69) is 0 Å². The van der Waals surface area contributed by atoms with Crippen LogP contribution in [0.4, 0.5) is 0 Å². The maximum absolute atomic E-state index is 10.2. The first-order valence-corrected chi connectivity index (χ1v) is 4.34. The van der Waals surface area contributed by atoms with E-state index in [9.17, 15) is 4.79 Å². The van der Waals surface area contributed by atoms with Crippen LogP contribution in [0.3, 0.4) is 0 Å². The standard InChI is InChI=1S/C10H8ClNO2/c11-10(7-12)5-3-8(4-6-10)1-2-9(13)14/h1-5H,6H2,(H,13,14). The van der Waals surface area contributed by atoms with Gasteiger partial charge in [-0.2, -0.15) is 5.26 Å². The molecule has 1 rings (SSSR count). The smallest absolute Gasteiger partial charge is 0.328 e. The molecule has 0 amide bonds. The van der Waals surface area contributed by atoms with E-state index in [4.69, 9.17) is 22.0 Å². The van der Waals surface area contributed by atoms with Crippen molar-refractivity contribution in [1.29, 1.82) is 5.26 Å². The van der Waals surface area contributed by atoms with Crippen LogP contribution in [0.2, 0.25) is 0 Å². The van der Waals surface area contributed by atoms with Gasteiger partial charge >= 0.3 is 5.97 Å². The zero-order valence-electron chi connectivity index (χ0n) is 7.27. The Morgan fingerprint density at radius 1 is 1.79 bits per heavy atom. The molecular weight excluding hydrogens is 202 g/mol. The van der Waals surface area contributed by atoms with E-state index < -0.39 is 10.8 Å². The van der Waals surface area contributed by atoms with E-state index in [1.165, 1.54) is 6.08 Å². The molecule has 0 saturated heterocycles. The fourth-order valence-corrected chi connectivity index (χ4v) is 1.14. The Bertz CT molecular complexity index is 376. The summed E-state index contributed by atoms with van der Waals surface area (Å²) in [5.41, 5.74) is 0.749. The zero-order chi connectivity index (χ0) is 10.6. The minimum absolute atomic E-state index is 0.390. The van der Waals surface area contributed by atoms with E-state index in [0.29, 0.717) is 6.42 Å². The first-order chi connectivity index (χ1) is 6.56. The second-order valence-electron chi connectivity index (χ2n) is 2.89. The van der Waals surface area contributed by atoms with Crippen LogP contribution in [-0.4, -0.2) is 16.0 Å². The van der Waals surface area contributed by atoms with Crippen LogP contribution in [0.5, 0.6) is 0 Å². The molecule has 1 unspecified atom stereocenters. The van der Waals surface area contributed by atoms with Gasteiger partial charge in [-0.3, -0.25) is 0 Å². The van der Waals surface area contributed by atoms with Crippen LogP contribution < -0.4 is 0 Å². The van der Waals surface area contributed by atoms with Gasteiger partial charge in [-0.15, -0.1) is 0 Å². The molecule has 4 heteroatoms. The SMILES string of the molecule is N#CC1(Cl)C=CC(C=CC(=O)O)=CC1. The number of aliphatic carboxylic acids is 1. The number of hydrogen-bond donors (Lipinski definition) is 1. The molecule has 1 aliphatic carbocycles. The first-order valence-electron chi connectivity index (χ1n) is 3.96. The number of carbonyl (C=O) groups is 1. The van der Waals surface area contributed by atoms with Crippen molar-refractivity contribution in [1.82, 2.24) is 0 Å². The summed E-state index contributed by atoms with van der Waals surface area (Å²) in [6, 6.07) is 1.96. The molecular formula is C10H8ClNO2. The highest BCUT2D eigenvalue weighted by atomic mass is 35.5. The Labute approximate surface area is 86.6 Å². The minimum atomic E-state index is -0.998. The highest BCUT2D eigenvalue weighted by Gasteiger charge is 2.23. The predicted molar refractivity (Wildman–Crippen MR) is 52.8 cm³/mol. The zero-order valence-corrected chi connectivity index (χ0v) is 8.03. The first kappa shape index (κ1) is 10.6. The lowest BCUT2D eigenvalue weighted by Gasteiger charge is -2.15. The van der Waals surface area contributed by atoms with Crippen LogP contribution in [0.25, 0.3) is 0 Å². The number of rotatable bonds is 2. The fraction of sp³-hybridized carbons (Fsp3) is 0.200. The monoisotopic (exact) mass is 209 g/mol. The number of allylic oxidation sites excluding steroid dienone is 5. The maximum Gasteiger partial charge on any atom is 0.328 e. The van der Waals surface area contributed by atoms with E-state index in [0.717, 1.165) is 11.6 Å². The van der Waals surface area contributed by atoms with Crippen molar-refractivity contribution in [2.45, 2.75) is 11.3 Å². The topological polar surface area (TPSA) is 61.1 Å². The quantitative estimate of drug-likeness (QED) is 0.559. The summed E-state index contributed by atoms with van der Waals surface area (Å²) in [5.74, 6) is -0.998. The Morgan fingerprint density at radius 2 is 2.50 bits per heavy atom. The summed E-state index contributed by atoms with van der Waals surface area (Å²) in [6.45, 7) is 0. The van der Waals surface area contributed by atoms with Crippen molar-refractivity contribution in [3.8, 4) is 6.07 Å². The number of carboxylic acids is 1. The van der Waals surface area contributed by atoms with Crippen molar-refractivity contribution >= 4 is 17.6 Å². The fourth-order valence-electron chi connectivity index (χ4n) is 1.00. The lowest BCUT2D eigenvalue weighted by atomic mass is 9.97. The number of hydrogen-bond acceptors (Lipinski definition) is 2. The van der Waals surface area contributed by atoms with Gasteiger partial charge in [0.1, 0.15) is 0 Å². The Hall–Kier alpha value is -1.53. The molecule has 0 spiro atoms. The largest absolute Gasteiger partial charge is 0.478 e. The molecule has 72 valence electrons. The Morgan fingerprint density at radius 3 is 2.93 bits per heavy atom. The average molecular weight is 210 g/mol. The van der Waals surface area contributed by atoms with Crippen molar-refractivity contribution in [3.05, 3.63) is 36.0 Å². The van der Waals surface area contributed by atoms with E-state index >= 15 is 0 Å². The van der Waals surface area contributed by atoms with Gasteiger partial charge in [-0.05, 0) is 17.7 Å². The van der Waals surface area contributed by atoms with Crippen LogP contribution >= 0.6 is 11.6 Å². The average Bonchev–Trinajstić information content (AvgIpc) is 2.17. The van der Waals surface area contributed by atoms with Gasteiger partial charge in [0.2, 0.25) is 0 Å². The van der Waals surface area contributed by atoms with Crippen molar-refractivity contribution in [2.24, 2.45) is 0 Å². The summed E-state index contributed by atoms with van der Waals surface area (Å²) >= 11 is 5.85. The van der Waals surface area contributed by atoms with Crippen LogP contribution in [0.15, 0.2) is 36.0 Å². The minimum Gasteiger partial charge on any atom is -0.478 e. The van der Waals surface area contributed by atoms with Crippen molar-refractivity contribution in [3.63, 3.8) is 0 Å². The second kappa shape index (κ2) is 4.12. The molecule has 1 aliphatic rings. The third-order valence-corrected chi connectivity index (χ3v) is 2.14. The van der Waals surface area contributed by atoms with Gasteiger partial charge in [0.05, 0.1) is 6.07 Å². The molecule has 0 radical (unpaired) electrons. The molecule has 1 atom stereocenters. The normalized spacial score (nSPS) is 25.9. The molecule has 0 saturated carbocycles. The molecule has 0 aromatic carbocycles. The van der Waals surface area contributed by atoms with Crippen molar-refractivity contribution in [2.75, 3.05) is 0 Å². The van der Waals surface area contributed by atoms with Gasteiger partial charge in [-0.1, -0.05) is 23.8 Å². The van der Waals surface area contributed by atoms with E-state index in [1.54, 1.807) is 18.2 Å². The molecule has 0 aromatic heterocycles. The molecule has 14 heavy (non-hydrogen) atoms. The second-order valence-corrected chi connectivity index (χ2v) is 3.56. The summed E-state index contributed by atoms with van der Waals surface area (Å²) in [6.07, 6.45) is 7.84. The van der Waals surface area contributed by atoms with Crippen LogP contribution in [-0.2, 0) is 4.79 Å². The Balaban J connectivity index is 2.70. The lowest BCUT2D eigenvalue weighted by Crippen LogP contribution is -2.16. The molecule has 1 N–H and O–H groups in total. The number of carboxylic acid groups (broad SMARTS) is 1. The molecule has 0 heterocycles. The van der Waals surface area contributed by atoms with E-state index in [-0.39, 0.29) is 0 Å². The predicted octanol–water partition coefficient (Wildman–Crippen LogP) is 2.01. The molecule has 3 nitrogen and oxygen atoms in total. The number of nitriles is 1. The molecule has 0 bridgehead atoms. The highest BCUT2D eigenvalue weighted by Crippen LogP contribution is 2.27. The van der Waals surface area contributed by atoms with Gasteiger partial charge in [0.25, 0.3) is 0 Å². The summed E-state index contributed by atoms with van der Waals surface area (Å²) in [4.78, 5) is 9.24. The lowest BCUT2D eigenvalue weighted by molar-refractivity contribution is -0.131. The van der Waals surface area contributed by atoms with Gasteiger partial charge in [0, 0.05) is 12.5 Å². The molecule has 0 aliphatic heterocycles. The van der Waals surface area contributed by atoms with Gasteiger partial charge < -0.3 is 5.11 Å². The number of nitrogens with zero attached hydrogens (tertiary/aromatic N) is 1. The van der Waals surface area contributed by atoms with Crippen molar-refractivity contribution < 1.29 is 9.90 Å². The highest BCUT2D eigenvalue weighted by molar-refractivity contribution is 6.27. The van der Waals surface area contributed by atoms with Gasteiger partial charge in [0.15, 0.2) is 4.87 Å². The summed E-state index contributed by atoms with van der Waals surface area (Å²) in [7, 11) is 0. The van der Waals surface area contributed by atoms with Crippen LogP contribution in [0, 0.1) is 11.3 Å². The van der Waals surface area contributed by atoms with E-state index in [1.807, 2.05) is 6.07 Å². The third kappa shape index (κ3) is 2.75. The number of alkyl halides is 1. The summed E-state index contributed by atoms with van der Waals surface area (Å²) < 4.78 is 0. The maximum atomic E-state index is 10.2. The van der Waals surface area contributed by atoms with Crippen LogP contribution in [0.1, 0.15) is 6.42 Å². The number of halogens is 1.